The molecule has 1 aromatic heterocycles. The molecule has 2 amide bonds. The molecule has 1 saturated heterocycles. The summed E-state index contributed by atoms with van der Waals surface area (Å²) in [6.07, 6.45) is 4.37. The Labute approximate surface area is 119 Å². The number of likely N-dealkylation sites (N-methyl/N-ethyl adjacent to an activating group) is 1. The molecule has 1 fully saturated rings. The van der Waals surface area contributed by atoms with Gasteiger partial charge in [0.25, 0.3) is 0 Å². The summed E-state index contributed by atoms with van der Waals surface area (Å²) in [5.74, 6) is -1.18. The number of nitrogens with zero attached hydrogens (tertiary/aromatic N) is 2. The standard InChI is InChI=1S/C14H22N4O2/c1-15-13(19)14(20)16-10-12(18-8-3-4-9-18)11-6-5-7-17(11)2/h5-7,12H,3-4,8-10H2,1-2H3,(H,15,19)(H,16,20). The lowest BCUT2D eigenvalue weighted by molar-refractivity contribution is -0.139. The molecule has 6 nitrogen and oxygen atoms in total. The fourth-order valence-electron chi connectivity index (χ4n) is 2.68. The summed E-state index contributed by atoms with van der Waals surface area (Å²) >= 11 is 0. The van der Waals surface area contributed by atoms with Gasteiger partial charge in [0, 0.05) is 32.5 Å². The van der Waals surface area contributed by atoms with Gasteiger partial charge in [-0.3, -0.25) is 14.5 Å². The zero-order chi connectivity index (χ0) is 14.5. The highest BCUT2D eigenvalue weighted by atomic mass is 16.2. The van der Waals surface area contributed by atoms with Crippen LogP contribution in [0, 0.1) is 0 Å². The Kier molecular flexibility index (Phi) is 4.79. The van der Waals surface area contributed by atoms with Gasteiger partial charge in [0.05, 0.1) is 6.04 Å². The van der Waals surface area contributed by atoms with Crippen LogP contribution >= 0.6 is 0 Å². The Hall–Kier alpha value is -1.82. The number of hydrogen-bond acceptors (Lipinski definition) is 3. The number of amides is 2. The van der Waals surface area contributed by atoms with Crippen molar-refractivity contribution in [2.75, 3.05) is 26.7 Å². The molecule has 1 atom stereocenters. The summed E-state index contributed by atoms with van der Waals surface area (Å²) < 4.78 is 2.06. The van der Waals surface area contributed by atoms with Gasteiger partial charge in [0.2, 0.25) is 0 Å². The maximum Gasteiger partial charge on any atom is 0.309 e. The molecule has 6 heteroatoms. The number of rotatable bonds is 4. The van der Waals surface area contributed by atoms with E-state index in [0.717, 1.165) is 18.8 Å². The van der Waals surface area contributed by atoms with Crippen LogP contribution < -0.4 is 10.6 Å². The van der Waals surface area contributed by atoms with Gasteiger partial charge in [0.15, 0.2) is 0 Å². The lowest BCUT2D eigenvalue weighted by atomic mass is 10.1. The molecule has 1 aliphatic rings. The average Bonchev–Trinajstić information content (AvgIpc) is 3.10. The van der Waals surface area contributed by atoms with Crippen LogP contribution in [0.2, 0.25) is 0 Å². The summed E-state index contributed by atoms with van der Waals surface area (Å²) in [6.45, 7) is 2.52. The lowest BCUT2D eigenvalue weighted by Gasteiger charge is -2.28. The second-order valence-corrected chi connectivity index (χ2v) is 5.09. The van der Waals surface area contributed by atoms with Gasteiger partial charge in [-0.15, -0.1) is 0 Å². The second kappa shape index (κ2) is 6.56. The van der Waals surface area contributed by atoms with Crippen LogP contribution in [0.3, 0.4) is 0 Å². The van der Waals surface area contributed by atoms with E-state index in [4.69, 9.17) is 0 Å². The highest BCUT2D eigenvalue weighted by Crippen LogP contribution is 2.24. The van der Waals surface area contributed by atoms with Gasteiger partial charge in [-0.2, -0.15) is 0 Å². The number of aromatic nitrogens is 1. The zero-order valence-corrected chi connectivity index (χ0v) is 12.1. The van der Waals surface area contributed by atoms with Crippen molar-refractivity contribution in [3.05, 3.63) is 24.0 Å². The molecule has 2 N–H and O–H groups in total. The monoisotopic (exact) mass is 278 g/mol. The van der Waals surface area contributed by atoms with Crippen molar-refractivity contribution in [3.8, 4) is 0 Å². The summed E-state index contributed by atoms with van der Waals surface area (Å²) in [6, 6.07) is 4.18. The summed E-state index contributed by atoms with van der Waals surface area (Å²) in [5, 5.41) is 5.05. The zero-order valence-electron chi connectivity index (χ0n) is 12.1. The van der Waals surface area contributed by atoms with Crippen LogP contribution in [-0.2, 0) is 16.6 Å². The molecule has 0 spiro atoms. The number of likely N-dealkylation sites (tertiary alicyclic amines) is 1. The molecule has 0 aromatic carbocycles. The van der Waals surface area contributed by atoms with Crippen LogP contribution in [0.1, 0.15) is 24.6 Å². The van der Waals surface area contributed by atoms with Crippen LogP contribution in [0.4, 0.5) is 0 Å². The van der Waals surface area contributed by atoms with Gasteiger partial charge in [-0.1, -0.05) is 0 Å². The predicted molar refractivity (Wildman–Crippen MR) is 76.0 cm³/mol. The molecular formula is C14H22N4O2. The molecular weight excluding hydrogens is 256 g/mol. The highest BCUT2D eigenvalue weighted by Gasteiger charge is 2.26. The van der Waals surface area contributed by atoms with Crippen LogP contribution in [0.25, 0.3) is 0 Å². The van der Waals surface area contributed by atoms with Gasteiger partial charge >= 0.3 is 11.8 Å². The third-order valence-electron chi connectivity index (χ3n) is 3.80. The number of hydrogen-bond donors (Lipinski definition) is 2. The Bertz CT molecular complexity index is 477. The number of aryl methyl sites for hydroxylation is 1. The van der Waals surface area contributed by atoms with Crippen molar-refractivity contribution in [2.24, 2.45) is 7.05 Å². The first kappa shape index (κ1) is 14.6. The smallest absolute Gasteiger partial charge is 0.309 e. The first-order valence-corrected chi connectivity index (χ1v) is 6.98. The number of carbonyl (C=O) groups is 2. The van der Waals surface area contributed by atoms with Crippen molar-refractivity contribution in [2.45, 2.75) is 18.9 Å². The predicted octanol–water partition coefficient (Wildman–Crippen LogP) is 0.0242. The normalized spacial score (nSPS) is 16.9. The lowest BCUT2D eigenvalue weighted by Crippen LogP contribution is -2.43. The molecule has 2 rings (SSSR count). The van der Waals surface area contributed by atoms with Crippen molar-refractivity contribution in [3.63, 3.8) is 0 Å². The van der Waals surface area contributed by atoms with Crippen molar-refractivity contribution >= 4 is 11.8 Å². The summed E-state index contributed by atoms with van der Waals surface area (Å²) in [4.78, 5) is 25.2. The van der Waals surface area contributed by atoms with Crippen molar-refractivity contribution in [1.29, 1.82) is 0 Å². The molecule has 0 saturated carbocycles. The Morgan fingerprint density at radius 3 is 2.55 bits per heavy atom. The maximum atomic E-state index is 11.6. The van der Waals surface area contributed by atoms with E-state index in [1.807, 2.05) is 19.3 Å². The fourth-order valence-corrected chi connectivity index (χ4v) is 2.68. The number of nitrogens with one attached hydrogen (secondary N) is 2. The Balaban J connectivity index is 2.06. The largest absolute Gasteiger partial charge is 0.353 e. The molecule has 0 aliphatic carbocycles. The molecule has 2 heterocycles. The molecule has 0 radical (unpaired) electrons. The first-order chi connectivity index (χ1) is 9.63. The summed E-state index contributed by atoms with van der Waals surface area (Å²) in [7, 11) is 3.45. The maximum absolute atomic E-state index is 11.6. The van der Waals surface area contributed by atoms with Gasteiger partial charge in [0.1, 0.15) is 0 Å². The second-order valence-electron chi connectivity index (χ2n) is 5.09. The van der Waals surface area contributed by atoms with E-state index in [0.29, 0.717) is 6.54 Å². The first-order valence-electron chi connectivity index (χ1n) is 6.98. The van der Waals surface area contributed by atoms with E-state index in [2.05, 4.69) is 26.2 Å². The van der Waals surface area contributed by atoms with Crippen LogP contribution in [-0.4, -0.2) is 48.0 Å². The van der Waals surface area contributed by atoms with Crippen molar-refractivity contribution in [1.82, 2.24) is 20.1 Å². The van der Waals surface area contributed by atoms with E-state index >= 15 is 0 Å². The minimum absolute atomic E-state index is 0.117. The third-order valence-corrected chi connectivity index (χ3v) is 3.80. The Morgan fingerprint density at radius 1 is 1.30 bits per heavy atom. The van der Waals surface area contributed by atoms with Gasteiger partial charge in [-0.25, -0.2) is 0 Å². The molecule has 1 unspecified atom stereocenters. The van der Waals surface area contributed by atoms with E-state index < -0.39 is 11.8 Å². The van der Waals surface area contributed by atoms with E-state index in [1.54, 1.807) is 0 Å². The minimum Gasteiger partial charge on any atom is -0.353 e. The minimum atomic E-state index is -0.600. The quantitative estimate of drug-likeness (QED) is 0.763. The number of carbonyl (C=O) groups excluding carboxylic acids is 2. The van der Waals surface area contributed by atoms with Gasteiger partial charge < -0.3 is 15.2 Å². The topological polar surface area (TPSA) is 66.4 Å². The van der Waals surface area contributed by atoms with E-state index in [1.165, 1.54) is 19.9 Å². The van der Waals surface area contributed by atoms with Gasteiger partial charge in [-0.05, 0) is 38.1 Å². The third kappa shape index (κ3) is 3.19. The van der Waals surface area contributed by atoms with Crippen LogP contribution in [0.15, 0.2) is 18.3 Å². The van der Waals surface area contributed by atoms with Crippen molar-refractivity contribution < 1.29 is 9.59 Å². The Morgan fingerprint density at radius 2 is 2.00 bits per heavy atom. The summed E-state index contributed by atoms with van der Waals surface area (Å²) in [5.41, 5.74) is 1.16. The highest BCUT2D eigenvalue weighted by molar-refractivity contribution is 6.35. The van der Waals surface area contributed by atoms with E-state index in [-0.39, 0.29) is 6.04 Å². The molecule has 20 heavy (non-hydrogen) atoms. The van der Waals surface area contributed by atoms with E-state index in [9.17, 15) is 9.59 Å². The van der Waals surface area contributed by atoms with Crippen LogP contribution in [0.5, 0.6) is 0 Å². The molecule has 1 aliphatic heterocycles. The molecule has 1 aromatic rings. The SMILES string of the molecule is CNC(=O)C(=O)NCC(c1cccn1C)N1CCCC1. The fraction of sp³-hybridized carbons (Fsp3) is 0.571. The average molecular weight is 278 g/mol. The molecule has 110 valence electrons. The molecule has 0 bridgehead atoms.